The third-order valence-electron chi connectivity index (χ3n) is 1.39. The van der Waals surface area contributed by atoms with E-state index in [-0.39, 0.29) is 18.0 Å². The zero-order chi connectivity index (χ0) is 11.5. The second kappa shape index (κ2) is 4.81. The molecule has 0 bridgehead atoms. The number of nitrogens with zero attached hydrogens (tertiary/aromatic N) is 1. The first kappa shape index (κ1) is 12.3. The molecule has 15 heavy (non-hydrogen) atoms. The Bertz CT molecular complexity index is 345. The Hall–Kier alpha value is -0.810. The summed E-state index contributed by atoms with van der Waals surface area (Å²) in [5.74, 6) is -0.0613. The van der Waals surface area contributed by atoms with Crippen molar-refractivity contribution in [2.24, 2.45) is 0 Å². The normalized spacial score (nSPS) is 11.2. The average molecular weight is 248 g/mol. The monoisotopic (exact) mass is 247 g/mol. The summed E-state index contributed by atoms with van der Waals surface area (Å²) in [6.07, 6.45) is 0. The van der Waals surface area contributed by atoms with E-state index in [9.17, 15) is 4.79 Å². The molecule has 0 fully saturated rings. The maximum Gasteiger partial charge on any atom is 0.239 e. The molecular formula is C9H14ClN3OS. The van der Waals surface area contributed by atoms with Gasteiger partial charge in [-0.2, -0.15) is 0 Å². The molecule has 1 heterocycles. The van der Waals surface area contributed by atoms with Crippen molar-refractivity contribution in [2.45, 2.75) is 26.3 Å². The highest BCUT2D eigenvalue weighted by molar-refractivity contribution is 7.14. The molecular weight excluding hydrogens is 234 g/mol. The first-order valence-corrected chi connectivity index (χ1v) is 5.78. The molecule has 0 atom stereocenters. The van der Waals surface area contributed by atoms with Crippen molar-refractivity contribution in [1.29, 1.82) is 0 Å². The number of hydrogen-bond donors (Lipinski definition) is 2. The minimum Gasteiger partial charge on any atom is -0.352 e. The summed E-state index contributed by atoms with van der Waals surface area (Å²) in [5, 5.41) is 8.55. The van der Waals surface area contributed by atoms with Crippen LogP contribution in [0, 0.1) is 0 Å². The smallest absolute Gasteiger partial charge is 0.239 e. The van der Waals surface area contributed by atoms with E-state index >= 15 is 0 Å². The molecule has 6 heteroatoms. The van der Waals surface area contributed by atoms with Gasteiger partial charge in [-0.3, -0.25) is 4.79 Å². The zero-order valence-corrected chi connectivity index (χ0v) is 10.5. The van der Waals surface area contributed by atoms with Crippen LogP contribution >= 0.6 is 22.9 Å². The second-order valence-corrected chi connectivity index (χ2v) is 5.37. The number of anilines is 1. The standard InChI is InChI=1S/C9H14ClN3OS/c1-9(2,3)13-7(14)4-11-8-12-6(10)5-15-8/h5H,4H2,1-3H3,(H,11,12)(H,13,14). The molecule has 1 aromatic heterocycles. The van der Waals surface area contributed by atoms with Crippen molar-refractivity contribution < 1.29 is 4.79 Å². The number of carbonyl (C=O) groups is 1. The Morgan fingerprint density at radius 2 is 2.27 bits per heavy atom. The van der Waals surface area contributed by atoms with Crippen molar-refractivity contribution in [2.75, 3.05) is 11.9 Å². The van der Waals surface area contributed by atoms with Crippen LogP contribution in [-0.2, 0) is 4.79 Å². The molecule has 0 aliphatic rings. The number of rotatable bonds is 3. The SMILES string of the molecule is CC(C)(C)NC(=O)CNc1nc(Cl)cs1. The Kier molecular flexibility index (Phi) is 3.93. The third kappa shape index (κ3) is 4.99. The van der Waals surface area contributed by atoms with Gasteiger partial charge in [-0.1, -0.05) is 11.6 Å². The molecule has 0 spiro atoms. The van der Waals surface area contributed by atoms with Crippen molar-refractivity contribution >= 4 is 34.0 Å². The molecule has 0 saturated carbocycles. The molecule has 1 aromatic rings. The lowest BCUT2D eigenvalue weighted by Gasteiger charge is -2.20. The fourth-order valence-corrected chi connectivity index (χ4v) is 1.79. The van der Waals surface area contributed by atoms with E-state index < -0.39 is 0 Å². The highest BCUT2D eigenvalue weighted by Crippen LogP contribution is 2.18. The van der Waals surface area contributed by atoms with E-state index in [1.807, 2.05) is 20.8 Å². The van der Waals surface area contributed by atoms with E-state index in [1.165, 1.54) is 11.3 Å². The quantitative estimate of drug-likeness (QED) is 0.860. The summed E-state index contributed by atoms with van der Waals surface area (Å²) in [6.45, 7) is 6.02. The lowest BCUT2D eigenvalue weighted by Crippen LogP contribution is -2.43. The number of aromatic nitrogens is 1. The van der Waals surface area contributed by atoms with Gasteiger partial charge in [0.25, 0.3) is 0 Å². The van der Waals surface area contributed by atoms with E-state index in [0.29, 0.717) is 10.3 Å². The van der Waals surface area contributed by atoms with Crippen molar-refractivity contribution in [3.05, 3.63) is 10.5 Å². The van der Waals surface area contributed by atoms with Gasteiger partial charge in [0.15, 0.2) is 5.13 Å². The van der Waals surface area contributed by atoms with Crippen LogP contribution in [0.15, 0.2) is 5.38 Å². The second-order valence-electron chi connectivity index (χ2n) is 4.13. The van der Waals surface area contributed by atoms with Gasteiger partial charge in [0.1, 0.15) is 5.15 Å². The van der Waals surface area contributed by atoms with E-state index in [1.54, 1.807) is 5.38 Å². The molecule has 0 radical (unpaired) electrons. The number of carbonyl (C=O) groups excluding carboxylic acids is 1. The molecule has 4 nitrogen and oxygen atoms in total. The van der Waals surface area contributed by atoms with Gasteiger partial charge in [0.2, 0.25) is 5.91 Å². The van der Waals surface area contributed by atoms with Gasteiger partial charge in [0.05, 0.1) is 6.54 Å². The number of hydrogen-bond acceptors (Lipinski definition) is 4. The first-order valence-electron chi connectivity index (χ1n) is 4.53. The predicted octanol–water partition coefficient (Wildman–Crippen LogP) is 2.12. The Morgan fingerprint density at radius 1 is 1.60 bits per heavy atom. The minimum absolute atomic E-state index is 0.0613. The highest BCUT2D eigenvalue weighted by atomic mass is 35.5. The van der Waals surface area contributed by atoms with Crippen LogP contribution in [0.25, 0.3) is 0 Å². The van der Waals surface area contributed by atoms with Crippen LogP contribution in [0.5, 0.6) is 0 Å². The minimum atomic E-state index is -0.209. The number of amides is 1. The predicted molar refractivity (Wildman–Crippen MR) is 63.5 cm³/mol. The summed E-state index contributed by atoms with van der Waals surface area (Å²) in [4.78, 5) is 15.4. The van der Waals surface area contributed by atoms with Crippen molar-refractivity contribution in [3.63, 3.8) is 0 Å². The van der Waals surface area contributed by atoms with Gasteiger partial charge in [-0.25, -0.2) is 4.98 Å². The first-order chi connectivity index (χ1) is 6.87. The van der Waals surface area contributed by atoms with Crippen LogP contribution in [0.1, 0.15) is 20.8 Å². The molecule has 0 aromatic carbocycles. The number of nitrogens with one attached hydrogen (secondary N) is 2. The van der Waals surface area contributed by atoms with Crippen molar-refractivity contribution in [1.82, 2.24) is 10.3 Å². The summed E-state index contributed by atoms with van der Waals surface area (Å²) in [7, 11) is 0. The highest BCUT2D eigenvalue weighted by Gasteiger charge is 2.13. The van der Waals surface area contributed by atoms with Crippen molar-refractivity contribution in [3.8, 4) is 0 Å². The van der Waals surface area contributed by atoms with Gasteiger partial charge < -0.3 is 10.6 Å². The molecule has 84 valence electrons. The summed E-state index contributed by atoms with van der Waals surface area (Å²) in [6, 6.07) is 0. The van der Waals surface area contributed by atoms with Crippen LogP contribution in [0.4, 0.5) is 5.13 Å². The molecule has 1 rings (SSSR count). The molecule has 0 unspecified atom stereocenters. The van der Waals surface area contributed by atoms with E-state index in [4.69, 9.17) is 11.6 Å². The maximum absolute atomic E-state index is 11.4. The fourth-order valence-electron chi connectivity index (χ4n) is 0.954. The lowest BCUT2D eigenvalue weighted by atomic mass is 10.1. The number of thiazole rings is 1. The molecule has 0 saturated heterocycles. The summed E-state index contributed by atoms with van der Waals surface area (Å²) < 4.78 is 0. The lowest BCUT2D eigenvalue weighted by molar-refractivity contribution is -0.120. The Labute approximate surface area is 98.0 Å². The fraction of sp³-hybridized carbons (Fsp3) is 0.556. The Morgan fingerprint density at radius 3 is 2.73 bits per heavy atom. The van der Waals surface area contributed by atoms with Gasteiger partial charge in [0, 0.05) is 10.9 Å². The maximum atomic E-state index is 11.4. The molecule has 1 amide bonds. The van der Waals surface area contributed by atoms with Gasteiger partial charge in [-0.05, 0) is 20.8 Å². The van der Waals surface area contributed by atoms with Crippen LogP contribution in [-0.4, -0.2) is 23.0 Å². The van der Waals surface area contributed by atoms with Crippen LogP contribution in [0.3, 0.4) is 0 Å². The third-order valence-corrected chi connectivity index (χ3v) is 2.51. The molecule has 0 aliphatic carbocycles. The van der Waals surface area contributed by atoms with E-state index in [2.05, 4.69) is 15.6 Å². The largest absolute Gasteiger partial charge is 0.352 e. The van der Waals surface area contributed by atoms with Gasteiger partial charge in [-0.15, -0.1) is 11.3 Å². The molecule has 0 aliphatic heterocycles. The molecule has 2 N–H and O–H groups in total. The van der Waals surface area contributed by atoms with Crippen LogP contribution < -0.4 is 10.6 Å². The zero-order valence-electron chi connectivity index (χ0n) is 8.93. The topological polar surface area (TPSA) is 54.0 Å². The van der Waals surface area contributed by atoms with Crippen LogP contribution in [0.2, 0.25) is 5.15 Å². The van der Waals surface area contributed by atoms with Gasteiger partial charge >= 0.3 is 0 Å². The number of halogens is 1. The average Bonchev–Trinajstić information content (AvgIpc) is 2.45. The Balaban J connectivity index is 2.35. The summed E-state index contributed by atoms with van der Waals surface area (Å²) in [5.41, 5.74) is -0.209. The van der Waals surface area contributed by atoms with E-state index in [0.717, 1.165) is 0 Å². The summed E-state index contributed by atoms with van der Waals surface area (Å²) >= 11 is 7.02.